The van der Waals surface area contributed by atoms with Crippen LogP contribution in [0.5, 0.6) is 0 Å². The average Bonchev–Trinajstić information content (AvgIpc) is 2.81. The van der Waals surface area contributed by atoms with E-state index in [-0.39, 0.29) is 11.9 Å². The largest absolute Gasteiger partial charge is 0.378 e. The lowest BCUT2D eigenvalue weighted by molar-refractivity contribution is 0.0918. The molecule has 100 valence electrons. The molecule has 5 nitrogen and oxygen atoms in total. The van der Waals surface area contributed by atoms with E-state index in [4.69, 9.17) is 9.26 Å². The van der Waals surface area contributed by atoms with Gasteiger partial charge in [0.25, 0.3) is 5.91 Å². The van der Waals surface area contributed by atoms with Crippen LogP contribution in [0.25, 0.3) is 0 Å². The van der Waals surface area contributed by atoms with Crippen molar-refractivity contribution in [3.8, 4) is 0 Å². The summed E-state index contributed by atoms with van der Waals surface area (Å²) in [6, 6.07) is 0.277. The van der Waals surface area contributed by atoms with Gasteiger partial charge in [0.1, 0.15) is 17.5 Å². The molecule has 1 amide bonds. The molecule has 0 aromatic carbocycles. The lowest BCUT2D eigenvalue weighted by Crippen LogP contribution is -2.37. The highest BCUT2D eigenvalue weighted by molar-refractivity contribution is 5.95. The molecule has 0 bridgehead atoms. The molecule has 1 aliphatic rings. The minimum Gasteiger partial charge on any atom is -0.378 e. The van der Waals surface area contributed by atoms with Crippen molar-refractivity contribution >= 4 is 5.91 Å². The van der Waals surface area contributed by atoms with Crippen molar-refractivity contribution in [1.82, 2.24) is 10.5 Å². The number of aromatic nitrogens is 1. The van der Waals surface area contributed by atoms with Gasteiger partial charge in [-0.05, 0) is 31.6 Å². The third-order valence-electron chi connectivity index (χ3n) is 3.52. The minimum absolute atomic E-state index is 0.108. The van der Waals surface area contributed by atoms with Crippen LogP contribution >= 0.6 is 0 Å². The monoisotopic (exact) mass is 252 g/mol. The van der Waals surface area contributed by atoms with E-state index in [1.807, 2.05) is 0 Å². The molecule has 1 aromatic heterocycles. The maximum atomic E-state index is 12.1. The van der Waals surface area contributed by atoms with Crippen molar-refractivity contribution in [2.75, 3.05) is 7.11 Å². The summed E-state index contributed by atoms with van der Waals surface area (Å²) < 4.78 is 9.81. The zero-order chi connectivity index (χ0) is 13.0. The van der Waals surface area contributed by atoms with Crippen molar-refractivity contribution in [3.05, 3.63) is 17.5 Å². The van der Waals surface area contributed by atoms with E-state index in [0.29, 0.717) is 17.9 Å². The van der Waals surface area contributed by atoms with Crippen molar-refractivity contribution < 1.29 is 14.1 Å². The summed E-state index contributed by atoms with van der Waals surface area (Å²) in [7, 11) is 1.57. The lowest BCUT2D eigenvalue weighted by Gasteiger charge is -2.26. The fourth-order valence-corrected chi connectivity index (χ4v) is 2.35. The van der Waals surface area contributed by atoms with Gasteiger partial charge in [0.2, 0.25) is 0 Å². The molecule has 0 radical (unpaired) electrons. The van der Waals surface area contributed by atoms with Gasteiger partial charge in [-0.3, -0.25) is 4.79 Å². The van der Waals surface area contributed by atoms with Crippen LogP contribution in [0.2, 0.25) is 0 Å². The summed E-state index contributed by atoms with van der Waals surface area (Å²) in [5.41, 5.74) is 1.04. The number of carbonyl (C=O) groups is 1. The number of hydrogen-bond donors (Lipinski definition) is 1. The first-order valence-corrected chi connectivity index (χ1v) is 6.43. The topological polar surface area (TPSA) is 64.4 Å². The van der Waals surface area contributed by atoms with Gasteiger partial charge in [-0.15, -0.1) is 0 Å². The third-order valence-corrected chi connectivity index (χ3v) is 3.52. The molecule has 1 aromatic rings. The standard InChI is InChI=1S/C13H20N2O3/c1-9-3-5-10(6-4-9)14-13(16)11-7-18-15-12(11)8-17-2/h7,9-10H,3-6,8H2,1-2H3,(H,14,16). The van der Waals surface area contributed by atoms with E-state index >= 15 is 0 Å². The van der Waals surface area contributed by atoms with Gasteiger partial charge in [-0.1, -0.05) is 12.1 Å². The zero-order valence-corrected chi connectivity index (χ0v) is 10.9. The van der Waals surface area contributed by atoms with Gasteiger partial charge in [-0.25, -0.2) is 0 Å². The number of amides is 1. The molecule has 1 N–H and O–H groups in total. The molecule has 18 heavy (non-hydrogen) atoms. The average molecular weight is 252 g/mol. The molecular weight excluding hydrogens is 232 g/mol. The number of carbonyl (C=O) groups excluding carboxylic acids is 1. The predicted octanol–water partition coefficient (Wildman–Crippen LogP) is 2.13. The summed E-state index contributed by atoms with van der Waals surface area (Å²) in [6.07, 6.45) is 5.85. The maximum absolute atomic E-state index is 12.1. The molecule has 0 aliphatic heterocycles. The Kier molecular flexibility index (Phi) is 4.36. The van der Waals surface area contributed by atoms with Crippen LogP contribution < -0.4 is 5.32 Å². The Morgan fingerprint density at radius 1 is 1.50 bits per heavy atom. The Morgan fingerprint density at radius 3 is 2.89 bits per heavy atom. The summed E-state index contributed by atoms with van der Waals surface area (Å²) in [4.78, 5) is 12.1. The van der Waals surface area contributed by atoms with Crippen molar-refractivity contribution in [1.29, 1.82) is 0 Å². The SMILES string of the molecule is COCc1nocc1C(=O)NC1CCC(C)CC1. The number of hydrogen-bond acceptors (Lipinski definition) is 4. The van der Waals surface area contributed by atoms with Gasteiger partial charge >= 0.3 is 0 Å². The van der Waals surface area contributed by atoms with Crippen LogP contribution in [0.3, 0.4) is 0 Å². The highest BCUT2D eigenvalue weighted by Crippen LogP contribution is 2.23. The quantitative estimate of drug-likeness (QED) is 0.891. The van der Waals surface area contributed by atoms with Crippen molar-refractivity contribution in [2.45, 2.75) is 45.3 Å². The van der Waals surface area contributed by atoms with Gasteiger partial charge in [0, 0.05) is 13.2 Å². The van der Waals surface area contributed by atoms with Gasteiger partial charge in [0.05, 0.1) is 6.61 Å². The highest BCUT2D eigenvalue weighted by Gasteiger charge is 2.22. The van der Waals surface area contributed by atoms with Crippen LogP contribution in [0, 0.1) is 5.92 Å². The second kappa shape index (κ2) is 6.00. The van der Waals surface area contributed by atoms with Crippen LogP contribution in [-0.4, -0.2) is 24.2 Å². The number of nitrogens with zero attached hydrogens (tertiary/aromatic N) is 1. The maximum Gasteiger partial charge on any atom is 0.256 e. The Hall–Kier alpha value is -1.36. The molecule has 5 heteroatoms. The number of rotatable bonds is 4. The first-order chi connectivity index (χ1) is 8.70. The predicted molar refractivity (Wildman–Crippen MR) is 66.1 cm³/mol. The Labute approximate surface area is 107 Å². The smallest absolute Gasteiger partial charge is 0.256 e. The highest BCUT2D eigenvalue weighted by atomic mass is 16.5. The molecule has 1 saturated carbocycles. The van der Waals surface area contributed by atoms with E-state index in [2.05, 4.69) is 17.4 Å². The van der Waals surface area contributed by atoms with Crippen LogP contribution in [0.15, 0.2) is 10.8 Å². The Morgan fingerprint density at radius 2 is 2.22 bits per heavy atom. The van der Waals surface area contributed by atoms with Gasteiger partial charge in [0.15, 0.2) is 0 Å². The van der Waals surface area contributed by atoms with E-state index < -0.39 is 0 Å². The summed E-state index contributed by atoms with van der Waals surface area (Å²) >= 11 is 0. The van der Waals surface area contributed by atoms with E-state index in [1.54, 1.807) is 7.11 Å². The van der Waals surface area contributed by atoms with Gasteiger partial charge in [-0.2, -0.15) is 0 Å². The Bertz CT molecular complexity index is 395. The first-order valence-electron chi connectivity index (χ1n) is 6.43. The molecule has 1 fully saturated rings. The van der Waals surface area contributed by atoms with Crippen LogP contribution in [0.4, 0.5) is 0 Å². The third kappa shape index (κ3) is 3.10. The molecule has 0 saturated heterocycles. The van der Waals surface area contributed by atoms with Crippen molar-refractivity contribution in [3.63, 3.8) is 0 Å². The molecule has 0 unspecified atom stereocenters. The fourth-order valence-electron chi connectivity index (χ4n) is 2.35. The van der Waals surface area contributed by atoms with Crippen LogP contribution in [-0.2, 0) is 11.3 Å². The number of methoxy groups -OCH3 is 1. The summed E-state index contributed by atoms with van der Waals surface area (Å²) in [6.45, 7) is 2.55. The normalized spacial score (nSPS) is 23.9. The molecule has 1 heterocycles. The molecule has 2 rings (SSSR count). The van der Waals surface area contributed by atoms with Crippen LogP contribution in [0.1, 0.15) is 48.7 Å². The first kappa shape index (κ1) is 13.1. The number of ether oxygens (including phenoxy) is 1. The van der Waals surface area contributed by atoms with Crippen molar-refractivity contribution in [2.24, 2.45) is 5.92 Å². The summed E-state index contributed by atoms with van der Waals surface area (Å²) in [5.74, 6) is 0.667. The molecule has 0 spiro atoms. The number of nitrogens with one attached hydrogen (secondary N) is 1. The zero-order valence-electron chi connectivity index (χ0n) is 10.9. The fraction of sp³-hybridized carbons (Fsp3) is 0.692. The van der Waals surface area contributed by atoms with E-state index in [9.17, 15) is 4.79 Å². The lowest BCUT2D eigenvalue weighted by atomic mass is 9.87. The molecular formula is C13H20N2O3. The van der Waals surface area contributed by atoms with Gasteiger partial charge < -0.3 is 14.6 Å². The second-order valence-electron chi connectivity index (χ2n) is 5.04. The molecule has 0 atom stereocenters. The molecule has 1 aliphatic carbocycles. The van der Waals surface area contributed by atoms with E-state index in [1.165, 1.54) is 19.1 Å². The second-order valence-corrected chi connectivity index (χ2v) is 5.04. The Balaban J connectivity index is 1.93. The summed E-state index contributed by atoms with van der Waals surface area (Å²) in [5, 5.41) is 6.82. The van der Waals surface area contributed by atoms with E-state index in [0.717, 1.165) is 18.8 Å². The minimum atomic E-state index is -0.108.